The van der Waals surface area contributed by atoms with Crippen molar-refractivity contribution in [1.29, 1.82) is 0 Å². The van der Waals surface area contributed by atoms with Crippen molar-refractivity contribution in [3.8, 4) is 11.5 Å². The van der Waals surface area contributed by atoms with Crippen molar-refractivity contribution in [1.82, 2.24) is 0 Å². The number of ether oxygens (including phenoxy) is 2. The molecule has 0 N–H and O–H groups in total. The zero-order valence-electron chi connectivity index (χ0n) is 14.1. The highest BCUT2D eigenvalue weighted by Gasteiger charge is 2.05. The number of hydrogen-bond acceptors (Lipinski definition) is 4. The van der Waals surface area contributed by atoms with Gasteiger partial charge in [0.15, 0.2) is 0 Å². The highest BCUT2D eigenvalue weighted by atomic mass is 16.5. The molecule has 0 aliphatic carbocycles. The number of rotatable bonds is 8. The van der Waals surface area contributed by atoms with Crippen molar-refractivity contribution in [2.75, 3.05) is 0 Å². The van der Waals surface area contributed by atoms with Gasteiger partial charge in [-0.1, -0.05) is 24.3 Å². The molecule has 4 nitrogen and oxygen atoms in total. The van der Waals surface area contributed by atoms with Crippen LogP contribution in [-0.2, 0) is 13.2 Å². The van der Waals surface area contributed by atoms with Crippen molar-refractivity contribution in [2.24, 2.45) is 0 Å². The van der Waals surface area contributed by atoms with Crippen LogP contribution in [0, 0.1) is 0 Å². The van der Waals surface area contributed by atoms with E-state index >= 15 is 0 Å². The van der Waals surface area contributed by atoms with Crippen molar-refractivity contribution >= 4 is 12.6 Å². The van der Waals surface area contributed by atoms with Crippen LogP contribution in [0.4, 0.5) is 0 Å². The summed E-state index contributed by atoms with van der Waals surface area (Å²) in [6.45, 7) is 0.814. The first-order chi connectivity index (χ1) is 12.8. The van der Waals surface area contributed by atoms with Crippen molar-refractivity contribution in [3.63, 3.8) is 0 Å². The van der Waals surface area contributed by atoms with Gasteiger partial charge in [0.05, 0.1) is 0 Å². The average Bonchev–Trinajstić information content (AvgIpc) is 2.72. The molecule has 130 valence electrons. The molecule has 0 heterocycles. The maximum absolute atomic E-state index is 10.7. The van der Waals surface area contributed by atoms with Crippen LogP contribution in [0.15, 0.2) is 72.8 Å². The van der Waals surface area contributed by atoms with E-state index in [4.69, 9.17) is 9.47 Å². The molecule has 0 spiro atoms. The summed E-state index contributed by atoms with van der Waals surface area (Å²) < 4.78 is 11.6. The van der Waals surface area contributed by atoms with Crippen LogP contribution in [0.25, 0.3) is 0 Å². The highest BCUT2D eigenvalue weighted by Crippen LogP contribution is 2.18. The molecule has 3 aromatic carbocycles. The molecule has 0 aromatic heterocycles. The molecule has 3 rings (SSSR count). The molecule has 0 aliphatic rings. The summed E-state index contributed by atoms with van der Waals surface area (Å²) in [5.74, 6) is 1.41. The first-order valence-corrected chi connectivity index (χ1v) is 8.21. The van der Waals surface area contributed by atoms with Gasteiger partial charge in [0.2, 0.25) is 0 Å². The molecule has 0 amide bonds. The predicted octanol–water partition coefficient (Wildman–Crippen LogP) is 4.47. The van der Waals surface area contributed by atoms with E-state index in [0.29, 0.717) is 35.8 Å². The van der Waals surface area contributed by atoms with E-state index in [9.17, 15) is 9.59 Å². The van der Waals surface area contributed by atoms with Crippen LogP contribution in [0.2, 0.25) is 0 Å². The Morgan fingerprint density at radius 3 is 1.31 bits per heavy atom. The summed E-state index contributed by atoms with van der Waals surface area (Å²) in [4.78, 5) is 21.4. The molecule has 26 heavy (non-hydrogen) atoms. The van der Waals surface area contributed by atoms with Gasteiger partial charge < -0.3 is 9.47 Å². The second-order valence-electron chi connectivity index (χ2n) is 5.72. The van der Waals surface area contributed by atoms with Gasteiger partial charge >= 0.3 is 0 Å². The molecular formula is C22H18O4. The number of carbonyl (C=O) groups excluding carboxylic acids is 2. The van der Waals surface area contributed by atoms with Crippen molar-refractivity contribution < 1.29 is 19.1 Å². The zero-order valence-corrected chi connectivity index (χ0v) is 14.1. The predicted molar refractivity (Wildman–Crippen MR) is 98.8 cm³/mol. The fraction of sp³-hybridized carbons (Fsp3) is 0.0909. The molecule has 0 saturated heterocycles. The molecule has 0 saturated carbocycles. The number of hydrogen-bond donors (Lipinski definition) is 0. The minimum atomic E-state index is 0.407. The molecule has 0 atom stereocenters. The summed E-state index contributed by atoms with van der Waals surface area (Å²) in [6.07, 6.45) is 1.61. The summed E-state index contributed by atoms with van der Waals surface area (Å²) in [5, 5.41) is 0. The molecule has 0 radical (unpaired) electrons. The topological polar surface area (TPSA) is 52.6 Å². The fourth-order valence-corrected chi connectivity index (χ4v) is 2.45. The maximum Gasteiger partial charge on any atom is 0.150 e. The number of aldehydes is 2. The van der Waals surface area contributed by atoms with E-state index in [0.717, 1.165) is 23.7 Å². The van der Waals surface area contributed by atoms with Gasteiger partial charge in [-0.05, 0) is 59.7 Å². The smallest absolute Gasteiger partial charge is 0.150 e. The lowest BCUT2D eigenvalue weighted by Crippen LogP contribution is -2.03. The van der Waals surface area contributed by atoms with Gasteiger partial charge in [-0.25, -0.2) is 0 Å². The normalized spacial score (nSPS) is 10.2. The molecule has 0 unspecified atom stereocenters. The van der Waals surface area contributed by atoms with E-state index in [-0.39, 0.29) is 0 Å². The lowest BCUT2D eigenvalue weighted by atomic mass is 10.1. The summed E-state index contributed by atoms with van der Waals surface area (Å²) in [7, 11) is 0. The van der Waals surface area contributed by atoms with E-state index < -0.39 is 0 Å². The lowest BCUT2D eigenvalue weighted by Gasteiger charge is -2.12. The van der Waals surface area contributed by atoms with Crippen LogP contribution >= 0.6 is 0 Å². The Bertz CT molecular complexity index is 793. The van der Waals surface area contributed by atoms with Gasteiger partial charge in [0, 0.05) is 11.1 Å². The fourth-order valence-electron chi connectivity index (χ4n) is 2.45. The number of carbonyl (C=O) groups is 2. The lowest BCUT2D eigenvalue weighted by molar-refractivity contribution is 0.111. The molecule has 3 aromatic rings. The van der Waals surface area contributed by atoms with E-state index in [2.05, 4.69) is 0 Å². The third kappa shape index (κ3) is 4.57. The second-order valence-corrected chi connectivity index (χ2v) is 5.72. The third-order valence-electron chi connectivity index (χ3n) is 3.94. The Kier molecular flexibility index (Phi) is 5.78. The van der Waals surface area contributed by atoms with Gasteiger partial charge in [-0.15, -0.1) is 0 Å². The molecule has 0 fully saturated rings. The minimum absolute atomic E-state index is 0.407. The van der Waals surface area contributed by atoms with Gasteiger partial charge in [0.1, 0.15) is 37.3 Å². The van der Waals surface area contributed by atoms with Gasteiger partial charge in [-0.2, -0.15) is 0 Å². The summed E-state index contributed by atoms with van der Waals surface area (Å²) in [5.41, 5.74) is 3.28. The standard InChI is InChI=1S/C22H18O4/c23-13-17-5-9-21(10-6-17)25-15-19-3-1-2-4-20(19)16-26-22-11-7-18(14-24)8-12-22/h1-14H,15-16H2. The first-order valence-electron chi connectivity index (χ1n) is 8.21. The Labute approximate surface area is 152 Å². The Hall–Kier alpha value is -3.40. The van der Waals surface area contributed by atoms with Gasteiger partial charge in [0.25, 0.3) is 0 Å². The highest BCUT2D eigenvalue weighted by molar-refractivity contribution is 5.75. The molecular weight excluding hydrogens is 328 g/mol. The quantitative estimate of drug-likeness (QED) is 0.565. The Morgan fingerprint density at radius 1 is 0.577 bits per heavy atom. The van der Waals surface area contributed by atoms with Gasteiger partial charge in [-0.3, -0.25) is 9.59 Å². The Morgan fingerprint density at radius 2 is 0.962 bits per heavy atom. The molecule has 0 aliphatic heterocycles. The monoisotopic (exact) mass is 346 g/mol. The Balaban J connectivity index is 1.63. The van der Waals surface area contributed by atoms with Crippen molar-refractivity contribution in [3.05, 3.63) is 95.1 Å². The molecule has 0 bridgehead atoms. The first kappa shape index (κ1) is 17.4. The third-order valence-corrected chi connectivity index (χ3v) is 3.94. The van der Waals surface area contributed by atoms with E-state index in [1.54, 1.807) is 48.5 Å². The van der Waals surface area contributed by atoms with Crippen LogP contribution in [-0.4, -0.2) is 12.6 Å². The number of benzene rings is 3. The average molecular weight is 346 g/mol. The molecule has 4 heteroatoms. The van der Waals surface area contributed by atoms with Crippen LogP contribution in [0.1, 0.15) is 31.8 Å². The summed E-state index contributed by atoms with van der Waals surface area (Å²) >= 11 is 0. The van der Waals surface area contributed by atoms with E-state index in [1.165, 1.54) is 0 Å². The van der Waals surface area contributed by atoms with Crippen LogP contribution in [0.3, 0.4) is 0 Å². The second kappa shape index (κ2) is 8.62. The van der Waals surface area contributed by atoms with Crippen LogP contribution < -0.4 is 9.47 Å². The largest absolute Gasteiger partial charge is 0.489 e. The van der Waals surface area contributed by atoms with Crippen LogP contribution in [0.5, 0.6) is 11.5 Å². The van der Waals surface area contributed by atoms with Crippen molar-refractivity contribution in [2.45, 2.75) is 13.2 Å². The maximum atomic E-state index is 10.7. The zero-order chi connectivity index (χ0) is 18.2. The summed E-state index contributed by atoms with van der Waals surface area (Å²) in [6, 6.07) is 21.9. The SMILES string of the molecule is O=Cc1ccc(OCc2ccccc2COc2ccc(C=O)cc2)cc1. The van der Waals surface area contributed by atoms with E-state index in [1.807, 2.05) is 24.3 Å². The minimum Gasteiger partial charge on any atom is -0.489 e.